The van der Waals surface area contributed by atoms with E-state index in [2.05, 4.69) is 5.32 Å². The van der Waals surface area contributed by atoms with Gasteiger partial charge in [0.1, 0.15) is 5.75 Å². The summed E-state index contributed by atoms with van der Waals surface area (Å²) in [4.78, 5) is 19.0. The molecule has 0 unspecified atom stereocenters. The Kier molecular flexibility index (Phi) is 5.62. The number of anilines is 1. The molecule has 0 fully saturated rings. The molecule has 3 aromatic rings. The van der Waals surface area contributed by atoms with Gasteiger partial charge in [-0.2, -0.15) is 5.90 Å². The zero-order chi connectivity index (χ0) is 20.2. The highest BCUT2D eigenvalue weighted by molar-refractivity contribution is 7.17. The monoisotopic (exact) mass is 420 g/mol. The van der Waals surface area contributed by atoms with E-state index in [4.69, 9.17) is 22.3 Å². The number of allylic oxidation sites excluding steroid dienone is 5. The summed E-state index contributed by atoms with van der Waals surface area (Å²) >= 11 is 7.77. The highest BCUT2D eigenvalue weighted by atomic mass is 35.5. The van der Waals surface area contributed by atoms with Gasteiger partial charge in [-0.15, -0.1) is 11.3 Å². The van der Waals surface area contributed by atoms with Crippen LogP contribution in [0.25, 0.3) is 16.5 Å². The molecule has 0 saturated heterocycles. The first-order valence-corrected chi connectivity index (χ1v) is 10.1. The van der Waals surface area contributed by atoms with Crippen molar-refractivity contribution in [3.8, 4) is 16.2 Å². The summed E-state index contributed by atoms with van der Waals surface area (Å²) < 4.78 is 0. The van der Waals surface area contributed by atoms with Crippen LogP contribution in [-0.2, 0) is 0 Å². The molecular weight excluding hydrogens is 404 g/mol. The van der Waals surface area contributed by atoms with Gasteiger partial charge >= 0.3 is 0 Å². The van der Waals surface area contributed by atoms with Crippen LogP contribution in [0.4, 0.5) is 5.69 Å². The Hall–Kier alpha value is -3.12. The molecular formula is C23H17ClN2O2S. The topological polar surface area (TPSA) is 64.3 Å². The van der Waals surface area contributed by atoms with Crippen LogP contribution < -0.4 is 16.1 Å². The largest absolute Gasteiger partial charge is 0.412 e. The minimum atomic E-state index is -0.206. The highest BCUT2D eigenvalue weighted by Gasteiger charge is 2.13. The summed E-state index contributed by atoms with van der Waals surface area (Å²) in [6, 6.07) is 16.6. The minimum Gasteiger partial charge on any atom is -0.412 e. The van der Waals surface area contributed by atoms with E-state index < -0.39 is 0 Å². The lowest BCUT2D eigenvalue weighted by Gasteiger charge is -2.07. The molecule has 1 heterocycles. The molecule has 4 nitrogen and oxygen atoms in total. The zero-order valence-electron chi connectivity index (χ0n) is 15.3. The van der Waals surface area contributed by atoms with Crippen LogP contribution in [0.15, 0.2) is 84.5 Å². The van der Waals surface area contributed by atoms with E-state index in [9.17, 15) is 4.79 Å². The molecule has 1 aliphatic rings. The summed E-state index contributed by atoms with van der Waals surface area (Å²) in [7, 11) is 0. The first-order chi connectivity index (χ1) is 14.1. The predicted octanol–water partition coefficient (Wildman–Crippen LogP) is 6.08. The van der Waals surface area contributed by atoms with Gasteiger partial charge in [0.2, 0.25) is 0 Å². The average Bonchev–Trinajstić information content (AvgIpc) is 3.42. The van der Waals surface area contributed by atoms with Crippen molar-refractivity contribution >= 4 is 40.6 Å². The quantitative estimate of drug-likeness (QED) is 0.491. The number of rotatable bonds is 5. The molecule has 6 heteroatoms. The molecule has 2 aromatic carbocycles. The molecule has 0 saturated carbocycles. The second kappa shape index (κ2) is 8.49. The number of nitrogens with one attached hydrogen (secondary N) is 1. The Morgan fingerprint density at radius 3 is 2.66 bits per heavy atom. The fraction of sp³-hybridized carbons (Fsp3) is 0. The van der Waals surface area contributed by atoms with Gasteiger partial charge in [-0.1, -0.05) is 54.1 Å². The van der Waals surface area contributed by atoms with Crippen molar-refractivity contribution in [3.05, 3.63) is 99.9 Å². The van der Waals surface area contributed by atoms with Gasteiger partial charge in [-0.25, -0.2) is 0 Å². The molecule has 0 radical (unpaired) electrons. The standard InChI is InChI=1S/C23H17ClN2O2S/c24-19-13-16(12-15-4-1-2-5-15)8-9-20(19)26-23(27)22-11-10-21(29-22)17-6-3-7-18(14-17)28-25/h1-14H,25H2,(H,26,27). The van der Waals surface area contributed by atoms with Gasteiger partial charge in [0.15, 0.2) is 0 Å². The molecule has 0 bridgehead atoms. The van der Waals surface area contributed by atoms with Gasteiger partial charge in [0, 0.05) is 4.88 Å². The predicted molar refractivity (Wildman–Crippen MR) is 120 cm³/mol. The second-order valence-corrected chi connectivity index (χ2v) is 7.86. The minimum absolute atomic E-state index is 0.206. The third-order valence-corrected chi connectivity index (χ3v) is 5.79. The van der Waals surface area contributed by atoms with E-state index >= 15 is 0 Å². The SMILES string of the molecule is NOc1cccc(-c2ccc(C(=O)Nc3ccc(C=C4C=CC=C4)cc3Cl)s2)c1. The van der Waals surface area contributed by atoms with Gasteiger partial charge < -0.3 is 10.2 Å². The molecule has 0 atom stereocenters. The summed E-state index contributed by atoms with van der Waals surface area (Å²) in [5.74, 6) is 5.58. The van der Waals surface area contributed by atoms with Crippen LogP contribution in [0.3, 0.4) is 0 Å². The van der Waals surface area contributed by atoms with Crippen molar-refractivity contribution in [1.82, 2.24) is 0 Å². The van der Waals surface area contributed by atoms with E-state index in [0.717, 1.165) is 21.6 Å². The van der Waals surface area contributed by atoms with Crippen molar-refractivity contribution in [2.45, 2.75) is 0 Å². The maximum Gasteiger partial charge on any atom is 0.265 e. The van der Waals surface area contributed by atoms with Crippen LogP contribution in [-0.4, -0.2) is 5.91 Å². The van der Waals surface area contributed by atoms with Crippen LogP contribution in [0.5, 0.6) is 5.75 Å². The Labute approximate surface area is 177 Å². The molecule has 1 aliphatic carbocycles. The van der Waals surface area contributed by atoms with Gasteiger partial charge in [0.25, 0.3) is 5.91 Å². The third kappa shape index (κ3) is 4.49. The number of benzene rings is 2. The molecule has 144 valence electrons. The number of hydrogen-bond donors (Lipinski definition) is 2. The van der Waals surface area contributed by atoms with Crippen LogP contribution >= 0.6 is 22.9 Å². The molecule has 29 heavy (non-hydrogen) atoms. The summed E-state index contributed by atoms with van der Waals surface area (Å²) in [6.45, 7) is 0. The normalized spacial score (nSPS) is 12.3. The zero-order valence-corrected chi connectivity index (χ0v) is 16.8. The van der Waals surface area contributed by atoms with Crippen molar-refractivity contribution in [1.29, 1.82) is 0 Å². The smallest absolute Gasteiger partial charge is 0.265 e. The van der Waals surface area contributed by atoms with E-state index in [0.29, 0.717) is 21.3 Å². The van der Waals surface area contributed by atoms with E-state index in [1.165, 1.54) is 11.3 Å². The number of nitrogens with two attached hydrogens (primary N) is 1. The maximum atomic E-state index is 12.7. The molecule has 3 N–H and O–H groups in total. The van der Waals surface area contributed by atoms with Gasteiger partial charge in [-0.05, 0) is 59.2 Å². The molecule has 0 spiro atoms. The number of hydrogen-bond acceptors (Lipinski definition) is 4. The first kappa shape index (κ1) is 19.2. The Balaban J connectivity index is 1.49. The maximum absolute atomic E-state index is 12.7. The van der Waals surface area contributed by atoms with E-state index in [1.807, 2.05) is 72.8 Å². The summed E-state index contributed by atoms with van der Waals surface area (Å²) in [5, 5.41) is 3.37. The molecule has 1 aromatic heterocycles. The van der Waals surface area contributed by atoms with Crippen molar-refractivity contribution in [3.63, 3.8) is 0 Å². The Bertz CT molecular complexity index is 1150. The van der Waals surface area contributed by atoms with Crippen molar-refractivity contribution in [2.75, 3.05) is 5.32 Å². The van der Waals surface area contributed by atoms with Gasteiger partial charge in [0.05, 0.1) is 15.6 Å². The van der Waals surface area contributed by atoms with E-state index in [-0.39, 0.29) is 5.91 Å². The lowest BCUT2D eigenvalue weighted by atomic mass is 10.1. The number of carbonyl (C=O) groups excluding carboxylic acids is 1. The van der Waals surface area contributed by atoms with Gasteiger partial charge in [-0.3, -0.25) is 4.79 Å². The first-order valence-electron chi connectivity index (χ1n) is 8.87. The fourth-order valence-corrected chi connectivity index (χ4v) is 4.06. The summed E-state index contributed by atoms with van der Waals surface area (Å²) in [5.41, 5.74) is 3.58. The van der Waals surface area contributed by atoms with Crippen LogP contribution in [0.2, 0.25) is 5.02 Å². The Morgan fingerprint density at radius 2 is 1.90 bits per heavy atom. The highest BCUT2D eigenvalue weighted by Crippen LogP contribution is 2.31. The van der Waals surface area contributed by atoms with Crippen LogP contribution in [0, 0.1) is 0 Å². The fourth-order valence-electron chi connectivity index (χ4n) is 2.92. The number of carbonyl (C=O) groups is 1. The lowest BCUT2D eigenvalue weighted by molar-refractivity contribution is 0.103. The average molecular weight is 421 g/mol. The summed E-state index contributed by atoms with van der Waals surface area (Å²) in [6.07, 6.45) is 10.0. The second-order valence-electron chi connectivity index (χ2n) is 6.37. The van der Waals surface area contributed by atoms with Crippen molar-refractivity contribution < 1.29 is 9.63 Å². The lowest BCUT2D eigenvalue weighted by Crippen LogP contribution is -2.10. The van der Waals surface area contributed by atoms with Crippen molar-refractivity contribution in [2.24, 2.45) is 5.90 Å². The Morgan fingerprint density at radius 1 is 1.07 bits per heavy atom. The van der Waals surface area contributed by atoms with Crippen LogP contribution in [0.1, 0.15) is 15.2 Å². The number of thiophene rings is 1. The molecule has 4 rings (SSSR count). The number of halogens is 1. The third-order valence-electron chi connectivity index (χ3n) is 4.35. The number of amides is 1. The van der Waals surface area contributed by atoms with E-state index in [1.54, 1.807) is 12.1 Å². The molecule has 0 aliphatic heterocycles. The molecule has 1 amide bonds.